The third kappa shape index (κ3) is 1.54. The molecule has 0 unspecified atom stereocenters. The van der Waals surface area contributed by atoms with Crippen LogP contribution in [0.3, 0.4) is 0 Å². The van der Waals surface area contributed by atoms with Gasteiger partial charge in [-0.25, -0.2) is 0 Å². The maximum atomic E-state index is 9.20. The van der Waals surface area contributed by atoms with E-state index < -0.39 is 0 Å². The lowest BCUT2D eigenvalue weighted by Gasteiger charge is -2.06. The van der Waals surface area contributed by atoms with Gasteiger partial charge in [-0.1, -0.05) is 6.07 Å². The Hall–Kier alpha value is -0.220. The Bertz CT molecular complexity index is 464. The maximum absolute atomic E-state index is 9.20. The summed E-state index contributed by atoms with van der Waals surface area (Å²) in [7, 11) is 0. The van der Waals surface area contributed by atoms with Gasteiger partial charge in [0.2, 0.25) is 0 Å². The van der Waals surface area contributed by atoms with E-state index in [0.29, 0.717) is 5.88 Å². The summed E-state index contributed by atoms with van der Waals surface area (Å²) in [6.45, 7) is 0.0468. The summed E-state index contributed by atoms with van der Waals surface area (Å²) >= 11 is 11.9. The molecule has 0 aliphatic carbocycles. The summed E-state index contributed by atoms with van der Waals surface area (Å²) in [5, 5.41) is 12.3. The molecule has 1 aromatic heterocycles. The number of benzene rings is 1. The lowest BCUT2D eigenvalue weighted by atomic mass is 10.1. The second-order valence-corrected chi connectivity index (χ2v) is 4.63. The molecule has 0 spiro atoms. The highest BCUT2D eigenvalue weighted by Crippen LogP contribution is 2.33. The van der Waals surface area contributed by atoms with Gasteiger partial charge in [0.25, 0.3) is 0 Å². The zero-order valence-electron chi connectivity index (χ0n) is 7.33. The number of thiophene rings is 1. The summed E-state index contributed by atoms with van der Waals surface area (Å²) < 4.78 is 1.11. The first-order valence-corrected chi connectivity index (χ1v) is 6.01. The van der Waals surface area contributed by atoms with Gasteiger partial charge in [0.15, 0.2) is 0 Å². The first kappa shape index (κ1) is 10.3. The summed E-state index contributed by atoms with van der Waals surface area (Å²) in [4.78, 5) is 0.933. The highest BCUT2D eigenvalue weighted by molar-refractivity contribution is 7.80. The minimum absolute atomic E-state index is 0.0468. The van der Waals surface area contributed by atoms with Crippen molar-refractivity contribution in [3.63, 3.8) is 0 Å². The Kier molecular flexibility index (Phi) is 3.02. The molecule has 2 aromatic rings. The van der Waals surface area contributed by atoms with Crippen LogP contribution in [0.4, 0.5) is 0 Å². The van der Waals surface area contributed by atoms with Gasteiger partial charge >= 0.3 is 0 Å². The van der Waals surface area contributed by atoms with Gasteiger partial charge in [-0.2, -0.15) is 0 Å². The van der Waals surface area contributed by atoms with Crippen LogP contribution >= 0.6 is 35.6 Å². The lowest BCUT2D eigenvalue weighted by Crippen LogP contribution is -1.89. The number of thiol groups is 1. The molecule has 0 bridgehead atoms. The van der Waals surface area contributed by atoms with Crippen LogP contribution in [0.1, 0.15) is 11.1 Å². The monoisotopic (exact) mass is 244 g/mol. The molecule has 2 rings (SSSR count). The van der Waals surface area contributed by atoms with Crippen LogP contribution in [0.25, 0.3) is 10.1 Å². The molecule has 1 aromatic carbocycles. The molecule has 1 heterocycles. The summed E-state index contributed by atoms with van der Waals surface area (Å²) in [5.74, 6) is 0.430. The Morgan fingerprint density at radius 2 is 2.21 bits per heavy atom. The zero-order chi connectivity index (χ0) is 10.1. The second kappa shape index (κ2) is 4.11. The van der Waals surface area contributed by atoms with Gasteiger partial charge in [-0.15, -0.1) is 35.6 Å². The van der Waals surface area contributed by atoms with E-state index >= 15 is 0 Å². The van der Waals surface area contributed by atoms with Crippen LogP contribution in [0.15, 0.2) is 22.4 Å². The number of aliphatic hydroxyl groups is 1. The van der Waals surface area contributed by atoms with Gasteiger partial charge in [-0.05, 0) is 28.0 Å². The normalized spacial score (nSPS) is 11.1. The van der Waals surface area contributed by atoms with Gasteiger partial charge in [0, 0.05) is 15.5 Å². The fraction of sp³-hybridized carbons (Fsp3) is 0.200. The third-order valence-corrected chi connectivity index (χ3v) is 4.08. The van der Waals surface area contributed by atoms with Crippen molar-refractivity contribution < 1.29 is 5.11 Å². The second-order valence-electron chi connectivity index (χ2n) is 3.00. The van der Waals surface area contributed by atoms with Crippen molar-refractivity contribution in [2.75, 3.05) is 0 Å². The van der Waals surface area contributed by atoms with Crippen molar-refractivity contribution >= 4 is 45.7 Å². The highest BCUT2D eigenvalue weighted by Gasteiger charge is 2.09. The van der Waals surface area contributed by atoms with E-state index in [1.54, 1.807) is 11.3 Å². The Morgan fingerprint density at radius 3 is 2.86 bits per heavy atom. The van der Waals surface area contributed by atoms with Crippen molar-refractivity contribution in [1.82, 2.24) is 0 Å². The minimum atomic E-state index is 0.0468. The quantitative estimate of drug-likeness (QED) is 0.613. The Labute approximate surface area is 96.7 Å². The fourth-order valence-electron chi connectivity index (χ4n) is 1.48. The predicted molar refractivity (Wildman–Crippen MR) is 64.6 cm³/mol. The van der Waals surface area contributed by atoms with E-state index in [2.05, 4.69) is 12.6 Å². The molecule has 0 amide bonds. The molecular weight excluding hydrogens is 236 g/mol. The summed E-state index contributed by atoms with van der Waals surface area (Å²) in [5.41, 5.74) is 1.91. The molecule has 74 valence electrons. The largest absolute Gasteiger partial charge is 0.392 e. The number of fused-ring (bicyclic) bond motifs is 1. The number of alkyl halides is 1. The number of hydrogen-bond donors (Lipinski definition) is 2. The fourth-order valence-corrected chi connectivity index (χ4v) is 3.12. The van der Waals surface area contributed by atoms with Crippen LogP contribution in [-0.2, 0) is 12.5 Å². The average molecular weight is 245 g/mol. The van der Waals surface area contributed by atoms with E-state index in [9.17, 15) is 5.11 Å². The van der Waals surface area contributed by atoms with Crippen LogP contribution in [-0.4, -0.2) is 5.11 Å². The third-order valence-electron chi connectivity index (χ3n) is 2.19. The predicted octanol–water partition coefficient (Wildman–Crippen LogP) is 3.42. The molecule has 0 saturated heterocycles. The molecule has 0 aliphatic rings. The number of hydrogen-bond acceptors (Lipinski definition) is 3. The molecule has 14 heavy (non-hydrogen) atoms. The van der Waals surface area contributed by atoms with Gasteiger partial charge in [0.05, 0.1) is 6.61 Å². The topological polar surface area (TPSA) is 20.2 Å². The Morgan fingerprint density at radius 1 is 1.43 bits per heavy atom. The smallest absolute Gasteiger partial charge is 0.0688 e. The molecule has 4 heteroatoms. The number of halogens is 1. The first-order valence-electron chi connectivity index (χ1n) is 4.15. The number of rotatable bonds is 2. The van der Waals surface area contributed by atoms with E-state index in [4.69, 9.17) is 11.6 Å². The van der Waals surface area contributed by atoms with Crippen LogP contribution in [0, 0.1) is 0 Å². The lowest BCUT2D eigenvalue weighted by molar-refractivity contribution is 0.283. The van der Waals surface area contributed by atoms with Crippen molar-refractivity contribution in [2.45, 2.75) is 17.4 Å². The number of aliphatic hydroxyl groups excluding tert-OH is 1. The SMILES string of the molecule is OCc1cc(CCl)c(S)c2sccc12. The first-order chi connectivity index (χ1) is 6.77. The van der Waals surface area contributed by atoms with Crippen molar-refractivity contribution in [2.24, 2.45) is 0 Å². The average Bonchev–Trinajstić information content (AvgIpc) is 2.68. The van der Waals surface area contributed by atoms with E-state index in [1.165, 1.54) is 0 Å². The standard InChI is InChI=1S/C10H9ClOS2/c11-4-6-3-7(5-12)8-1-2-14-10(8)9(6)13/h1-3,12-13H,4-5H2. The molecule has 1 nitrogen and oxygen atoms in total. The van der Waals surface area contributed by atoms with E-state index in [0.717, 1.165) is 26.1 Å². The molecular formula is C10H9ClOS2. The summed E-state index contributed by atoms with van der Waals surface area (Å²) in [6, 6.07) is 3.92. The van der Waals surface area contributed by atoms with Crippen LogP contribution < -0.4 is 0 Å². The molecule has 0 atom stereocenters. The summed E-state index contributed by atoms with van der Waals surface area (Å²) in [6.07, 6.45) is 0. The minimum Gasteiger partial charge on any atom is -0.392 e. The van der Waals surface area contributed by atoms with Crippen molar-refractivity contribution in [3.05, 3.63) is 28.6 Å². The van der Waals surface area contributed by atoms with E-state index in [1.807, 2.05) is 17.5 Å². The van der Waals surface area contributed by atoms with Gasteiger partial charge in [-0.3, -0.25) is 0 Å². The Balaban J connectivity index is 2.80. The molecule has 1 N–H and O–H groups in total. The molecule has 0 radical (unpaired) electrons. The maximum Gasteiger partial charge on any atom is 0.0688 e. The molecule has 0 fully saturated rings. The van der Waals surface area contributed by atoms with Crippen LogP contribution in [0.2, 0.25) is 0 Å². The van der Waals surface area contributed by atoms with Gasteiger partial charge < -0.3 is 5.11 Å². The van der Waals surface area contributed by atoms with Crippen molar-refractivity contribution in [1.29, 1.82) is 0 Å². The molecule has 0 aliphatic heterocycles. The van der Waals surface area contributed by atoms with Crippen molar-refractivity contribution in [3.8, 4) is 0 Å². The molecule has 0 saturated carbocycles. The van der Waals surface area contributed by atoms with Crippen LogP contribution in [0.5, 0.6) is 0 Å². The van der Waals surface area contributed by atoms with Gasteiger partial charge in [0.1, 0.15) is 0 Å². The van der Waals surface area contributed by atoms with E-state index in [-0.39, 0.29) is 6.61 Å². The zero-order valence-corrected chi connectivity index (χ0v) is 9.79. The highest BCUT2D eigenvalue weighted by atomic mass is 35.5.